The second-order valence-corrected chi connectivity index (χ2v) is 4.45. The van der Waals surface area contributed by atoms with Crippen molar-refractivity contribution >= 4 is 23.3 Å². The van der Waals surface area contributed by atoms with E-state index in [1.54, 1.807) is 0 Å². The molecule has 1 aromatic heterocycles. The highest BCUT2D eigenvalue weighted by atomic mass is 32.1. The third-order valence-electron chi connectivity index (χ3n) is 2.72. The Morgan fingerprint density at radius 2 is 2.17 bits per heavy atom. The Morgan fingerprint density at radius 3 is 2.83 bits per heavy atom. The monoisotopic (exact) mass is 272 g/mol. The van der Waals surface area contributed by atoms with Gasteiger partial charge in [0.15, 0.2) is 16.4 Å². The summed E-state index contributed by atoms with van der Waals surface area (Å²) in [6.07, 6.45) is -0.122. The largest absolute Gasteiger partial charge is 0.377 e. The predicted octanol–water partition coefficient (Wildman–Crippen LogP) is 3.40. The highest BCUT2D eigenvalue weighted by molar-refractivity contribution is 7.71. The molecule has 18 heavy (non-hydrogen) atoms. The number of nitrogens with one attached hydrogen (secondary N) is 1. The molecule has 1 unspecified atom stereocenters. The average Bonchev–Trinajstić information content (AvgIpc) is 2.62. The fraction of sp³-hybridized carbons (Fsp3) is 0.417. The van der Waals surface area contributed by atoms with Crippen LogP contribution in [0.25, 0.3) is 11.0 Å². The number of rotatable bonds is 4. The number of nitrogens with zero attached hydrogens (tertiary/aromatic N) is 1. The summed E-state index contributed by atoms with van der Waals surface area (Å²) in [4.78, 5) is 2.86. The van der Waals surface area contributed by atoms with E-state index >= 15 is 0 Å². The van der Waals surface area contributed by atoms with Gasteiger partial charge in [0.2, 0.25) is 0 Å². The Labute approximate surface area is 108 Å². The van der Waals surface area contributed by atoms with Crippen LogP contribution in [0.3, 0.4) is 0 Å². The Kier molecular flexibility index (Phi) is 3.77. The lowest BCUT2D eigenvalue weighted by molar-refractivity contribution is 0.0644. The van der Waals surface area contributed by atoms with Gasteiger partial charge in [-0.25, -0.2) is 8.78 Å². The van der Waals surface area contributed by atoms with Gasteiger partial charge in [0, 0.05) is 6.61 Å². The van der Waals surface area contributed by atoms with E-state index in [2.05, 4.69) is 4.98 Å². The molecule has 1 heterocycles. The molecule has 0 aliphatic carbocycles. The maximum atomic E-state index is 13.8. The lowest BCUT2D eigenvalue weighted by atomic mass is 10.3. The molecule has 2 rings (SSSR count). The third-order valence-corrected chi connectivity index (χ3v) is 3.04. The van der Waals surface area contributed by atoms with Crippen LogP contribution in [0.15, 0.2) is 12.1 Å². The van der Waals surface area contributed by atoms with Gasteiger partial charge in [0.1, 0.15) is 5.52 Å². The van der Waals surface area contributed by atoms with Gasteiger partial charge in [-0.2, -0.15) is 0 Å². The molecule has 6 heteroatoms. The zero-order valence-electron chi connectivity index (χ0n) is 10.2. The van der Waals surface area contributed by atoms with Gasteiger partial charge in [-0.3, -0.25) is 0 Å². The van der Waals surface area contributed by atoms with Crippen LogP contribution in [0.5, 0.6) is 0 Å². The molecule has 0 aliphatic rings. The molecule has 98 valence electrons. The first kappa shape index (κ1) is 13.2. The van der Waals surface area contributed by atoms with E-state index in [0.717, 1.165) is 6.07 Å². The number of fused-ring (bicyclic) bond motifs is 1. The van der Waals surface area contributed by atoms with Crippen molar-refractivity contribution in [3.05, 3.63) is 28.5 Å². The molecule has 0 bridgehead atoms. The van der Waals surface area contributed by atoms with Gasteiger partial charge in [0.05, 0.1) is 18.2 Å². The summed E-state index contributed by atoms with van der Waals surface area (Å²) in [6.45, 7) is 4.69. The Balaban J connectivity index is 2.52. The van der Waals surface area contributed by atoms with Crippen LogP contribution in [0.4, 0.5) is 8.78 Å². The zero-order chi connectivity index (χ0) is 13.3. The van der Waals surface area contributed by atoms with Crippen molar-refractivity contribution < 1.29 is 13.5 Å². The number of benzene rings is 1. The fourth-order valence-electron chi connectivity index (χ4n) is 1.96. The normalized spacial score (nSPS) is 13.1. The van der Waals surface area contributed by atoms with Crippen LogP contribution in [0.2, 0.25) is 0 Å². The second kappa shape index (κ2) is 5.16. The number of imidazole rings is 1. The van der Waals surface area contributed by atoms with Crippen molar-refractivity contribution in [3.63, 3.8) is 0 Å². The average molecular weight is 272 g/mol. The van der Waals surface area contributed by atoms with Crippen molar-refractivity contribution in [2.45, 2.75) is 26.5 Å². The SMILES string of the molecule is CCOC(C)Cn1c(=S)[nH]c2ccc(F)c(F)c21. The molecule has 0 amide bonds. The smallest absolute Gasteiger partial charge is 0.184 e. The molecule has 0 saturated heterocycles. The molecular formula is C12H14F2N2OS. The molecule has 0 spiro atoms. The van der Waals surface area contributed by atoms with Crippen molar-refractivity contribution in [1.29, 1.82) is 0 Å². The molecule has 1 aromatic carbocycles. The van der Waals surface area contributed by atoms with Gasteiger partial charge in [-0.1, -0.05) is 0 Å². The van der Waals surface area contributed by atoms with Gasteiger partial charge < -0.3 is 14.3 Å². The highest BCUT2D eigenvalue weighted by Crippen LogP contribution is 2.21. The third kappa shape index (κ3) is 2.30. The molecule has 0 aliphatic heterocycles. The summed E-state index contributed by atoms with van der Waals surface area (Å²) in [7, 11) is 0. The summed E-state index contributed by atoms with van der Waals surface area (Å²) in [5.41, 5.74) is 0.647. The fourth-order valence-corrected chi connectivity index (χ4v) is 2.23. The van der Waals surface area contributed by atoms with Gasteiger partial charge in [0.25, 0.3) is 0 Å². The predicted molar refractivity (Wildman–Crippen MR) is 68.1 cm³/mol. The summed E-state index contributed by atoms with van der Waals surface area (Å²) in [5.74, 6) is -1.77. The number of aromatic nitrogens is 2. The van der Waals surface area contributed by atoms with Crippen LogP contribution in [-0.4, -0.2) is 22.3 Å². The van der Waals surface area contributed by atoms with E-state index in [1.807, 2.05) is 13.8 Å². The first-order chi connectivity index (χ1) is 8.54. The maximum Gasteiger partial charge on any atom is 0.184 e. The standard InChI is InChI=1S/C12H14F2N2OS/c1-3-17-7(2)6-16-11-9(15-12(16)18)5-4-8(13)10(11)14/h4-5,7H,3,6H2,1-2H3,(H,15,18). The van der Waals surface area contributed by atoms with Crippen LogP contribution < -0.4 is 0 Å². The highest BCUT2D eigenvalue weighted by Gasteiger charge is 2.15. The number of hydrogen-bond donors (Lipinski definition) is 1. The minimum Gasteiger partial charge on any atom is -0.377 e. The van der Waals surface area contributed by atoms with Crippen LogP contribution in [0, 0.1) is 16.4 Å². The first-order valence-electron chi connectivity index (χ1n) is 5.72. The summed E-state index contributed by atoms with van der Waals surface area (Å²) >= 11 is 5.12. The van der Waals surface area contributed by atoms with Crippen molar-refractivity contribution in [2.24, 2.45) is 0 Å². The molecule has 1 atom stereocenters. The summed E-state index contributed by atoms with van der Waals surface area (Å²) < 4.78 is 34.3. The van der Waals surface area contributed by atoms with Crippen molar-refractivity contribution in [3.8, 4) is 0 Å². The molecule has 0 radical (unpaired) electrons. The van der Waals surface area contributed by atoms with Gasteiger partial charge >= 0.3 is 0 Å². The Bertz CT molecular complexity index is 620. The molecular weight excluding hydrogens is 258 g/mol. The topological polar surface area (TPSA) is 29.9 Å². The zero-order valence-corrected chi connectivity index (χ0v) is 11.0. The lowest BCUT2D eigenvalue weighted by Gasteiger charge is -2.13. The van der Waals surface area contributed by atoms with Gasteiger partial charge in [-0.05, 0) is 38.2 Å². The number of hydrogen-bond acceptors (Lipinski definition) is 2. The Morgan fingerprint density at radius 1 is 1.44 bits per heavy atom. The lowest BCUT2D eigenvalue weighted by Crippen LogP contribution is -2.17. The molecule has 2 aromatic rings. The summed E-state index contributed by atoms with van der Waals surface area (Å²) in [5, 5.41) is 0. The van der Waals surface area contributed by atoms with Crippen molar-refractivity contribution in [1.82, 2.24) is 9.55 Å². The van der Waals surface area contributed by atoms with E-state index < -0.39 is 11.6 Å². The molecule has 0 saturated carbocycles. The molecule has 1 N–H and O–H groups in total. The van der Waals surface area contributed by atoms with Crippen LogP contribution >= 0.6 is 12.2 Å². The Hall–Kier alpha value is -1.27. The quantitative estimate of drug-likeness (QED) is 0.864. The maximum absolute atomic E-state index is 13.8. The minimum atomic E-state index is -0.886. The number of halogens is 2. The van der Waals surface area contributed by atoms with E-state index in [9.17, 15) is 8.78 Å². The number of H-pyrrole nitrogens is 1. The van der Waals surface area contributed by atoms with Gasteiger partial charge in [-0.15, -0.1) is 0 Å². The molecule has 3 nitrogen and oxygen atoms in total. The molecule has 0 fully saturated rings. The van der Waals surface area contributed by atoms with E-state index in [-0.39, 0.29) is 11.6 Å². The second-order valence-electron chi connectivity index (χ2n) is 4.06. The summed E-state index contributed by atoms with van der Waals surface area (Å²) in [6, 6.07) is 2.56. The van der Waals surface area contributed by atoms with E-state index in [1.165, 1.54) is 10.6 Å². The number of aromatic amines is 1. The van der Waals surface area contributed by atoms with Crippen LogP contribution in [-0.2, 0) is 11.3 Å². The van der Waals surface area contributed by atoms with E-state index in [0.29, 0.717) is 23.4 Å². The minimum absolute atomic E-state index is 0.122. The van der Waals surface area contributed by atoms with E-state index in [4.69, 9.17) is 17.0 Å². The van der Waals surface area contributed by atoms with Crippen molar-refractivity contribution in [2.75, 3.05) is 6.61 Å². The first-order valence-corrected chi connectivity index (χ1v) is 6.13. The van der Waals surface area contributed by atoms with Crippen LogP contribution in [0.1, 0.15) is 13.8 Å². The number of ether oxygens (including phenoxy) is 1.